The van der Waals surface area contributed by atoms with Gasteiger partial charge < -0.3 is 19.9 Å². The minimum atomic E-state index is -0.356. The van der Waals surface area contributed by atoms with Crippen LogP contribution in [-0.4, -0.2) is 52.1 Å². The van der Waals surface area contributed by atoms with E-state index in [-0.39, 0.29) is 24.5 Å². The summed E-state index contributed by atoms with van der Waals surface area (Å²) >= 11 is 0. The molecule has 1 aliphatic heterocycles. The van der Waals surface area contributed by atoms with Crippen LogP contribution in [0, 0.1) is 0 Å². The van der Waals surface area contributed by atoms with E-state index in [2.05, 4.69) is 21.9 Å². The molecule has 3 rings (SSSR count). The fourth-order valence-corrected chi connectivity index (χ4v) is 3.04. The third kappa shape index (κ3) is 2.33. The van der Waals surface area contributed by atoms with Crippen LogP contribution in [0.15, 0.2) is 12.7 Å². The van der Waals surface area contributed by atoms with Gasteiger partial charge in [0.1, 0.15) is 24.1 Å². The molecule has 1 unspecified atom stereocenters. The zero-order chi connectivity index (χ0) is 15.7. The lowest BCUT2D eigenvalue weighted by atomic mass is 10.1. The van der Waals surface area contributed by atoms with Gasteiger partial charge in [0.2, 0.25) is 0 Å². The molecule has 0 spiro atoms. The summed E-state index contributed by atoms with van der Waals surface area (Å²) in [6.45, 7) is 2.12. The van der Waals surface area contributed by atoms with Crippen molar-refractivity contribution in [1.29, 1.82) is 0 Å². The summed E-state index contributed by atoms with van der Waals surface area (Å²) in [6.07, 6.45) is 4.23. The van der Waals surface area contributed by atoms with E-state index in [1.807, 2.05) is 4.57 Å². The van der Waals surface area contributed by atoms with Crippen molar-refractivity contribution in [2.45, 2.75) is 44.3 Å². The topological polar surface area (TPSA) is 97.3 Å². The molecule has 0 aromatic carbocycles. The third-order valence-corrected chi connectivity index (χ3v) is 4.06. The van der Waals surface area contributed by atoms with Gasteiger partial charge in [-0.3, -0.25) is 4.57 Å². The van der Waals surface area contributed by atoms with Crippen molar-refractivity contribution >= 4 is 17.0 Å². The van der Waals surface area contributed by atoms with E-state index in [4.69, 9.17) is 19.9 Å². The summed E-state index contributed by atoms with van der Waals surface area (Å²) in [5, 5.41) is 0. The maximum absolute atomic E-state index is 6.17. The van der Waals surface area contributed by atoms with Crippen LogP contribution >= 0.6 is 0 Å². The van der Waals surface area contributed by atoms with Crippen LogP contribution in [0.3, 0.4) is 0 Å². The van der Waals surface area contributed by atoms with Gasteiger partial charge in [0.15, 0.2) is 17.7 Å². The van der Waals surface area contributed by atoms with Crippen LogP contribution in [0.4, 0.5) is 5.82 Å². The Kier molecular flexibility index (Phi) is 4.23. The average molecular weight is 307 g/mol. The molecule has 3 heterocycles. The first-order valence-corrected chi connectivity index (χ1v) is 7.35. The van der Waals surface area contributed by atoms with Gasteiger partial charge in [-0.1, -0.05) is 13.3 Å². The second kappa shape index (κ2) is 6.15. The highest BCUT2D eigenvalue weighted by atomic mass is 16.6. The molecule has 120 valence electrons. The molecule has 0 radical (unpaired) electrons. The number of imidazole rings is 1. The Morgan fingerprint density at radius 1 is 1.23 bits per heavy atom. The standard InChI is InChI=1S/C14H21N5O3/c1-4-5-8-10(20-2)11(21-3)14(22-8)19-7-18-9-12(15)16-6-17-13(9)19/h6-8,10-11,14H,4-5H2,1-3H3,(H2,15,16,17)/t8-,10?,11+,14-/m1/s1. The SMILES string of the molecule is CCC[C@H]1O[C@@H](n2cnc3c(N)ncnc32)[C@@H](OC)C1OC. The molecule has 2 aromatic heterocycles. The van der Waals surface area contributed by atoms with Gasteiger partial charge >= 0.3 is 0 Å². The zero-order valence-electron chi connectivity index (χ0n) is 13.0. The first-order chi connectivity index (χ1) is 10.7. The van der Waals surface area contributed by atoms with Crippen molar-refractivity contribution in [2.75, 3.05) is 20.0 Å². The van der Waals surface area contributed by atoms with E-state index in [0.717, 1.165) is 12.8 Å². The molecule has 0 bridgehead atoms. The Labute approximate surface area is 128 Å². The minimum absolute atomic E-state index is 0.0263. The van der Waals surface area contributed by atoms with Crippen molar-refractivity contribution in [2.24, 2.45) is 0 Å². The smallest absolute Gasteiger partial charge is 0.167 e. The number of fused-ring (bicyclic) bond motifs is 1. The molecule has 2 N–H and O–H groups in total. The predicted molar refractivity (Wildman–Crippen MR) is 80.1 cm³/mol. The number of methoxy groups -OCH3 is 2. The van der Waals surface area contributed by atoms with Crippen LogP contribution in [0.5, 0.6) is 0 Å². The van der Waals surface area contributed by atoms with Gasteiger partial charge in [-0.15, -0.1) is 0 Å². The van der Waals surface area contributed by atoms with Crippen molar-refractivity contribution in [3.8, 4) is 0 Å². The Bertz CT molecular complexity index is 646. The summed E-state index contributed by atoms with van der Waals surface area (Å²) in [7, 11) is 3.33. The molecular formula is C14H21N5O3. The van der Waals surface area contributed by atoms with Crippen molar-refractivity contribution in [3.63, 3.8) is 0 Å². The van der Waals surface area contributed by atoms with Gasteiger partial charge in [0.05, 0.1) is 12.4 Å². The highest BCUT2D eigenvalue weighted by Crippen LogP contribution is 2.36. The number of hydrogen-bond acceptors (Lipinski definition) is 7. The maximum Gasteiger partial charge on any atom is 0.167 e. The van der Waals surface area contributed by atoms with Gasteiger partial charge in [-0.25, -0.2) is 15.0 Å². The van der Waals surface area contributed by atoms with E-state index in [1.165, 1.54) is 6.33 Å². The molecule has 8 heteroatoms. The Hall–Kier alpha value is -1.77. The van der Waals surface area contributed by atoms with Crippen LogP contribution in [0.25, 0.3) is 11.2 Å². The number of nitrogens with two attached hydrogens (primary N) is 1. The van der Waals surface area contributed by atoms with Gasteiger partial charge in [0.25, 0.3) is 0 Å². The van der Waals surface area contributed by atoms with Crippen LogP contribution < -0.4 is 5.73 Å². The van der Waals surface area contributed by atoms with Crippen molar-refractivity contribution in [1.82, 2.24) is 19.5 Å². The van der Waals surface area contributed by atoms with E-state index in [9.17, 15) is 0 Å². The molecule has 2 aromatic rings. The first-order valence-electron chi connectivity index (χ1n) is 7.35. The minimum Gasteiger partial charge on any atom is -0.382 e. The third-order valence-electron chi connectivity index (χ3n) is 4.06. The highest BCUT2D eigenvalue weighted by Gasteiger charge is 2.46. The number of rotatable bonds is 5. The predicted octanol–water partition coefficient (Wildman–Crippen LogP) is 1.14. The fraction of sp³-hybridized carbons (Fsp3) is 0.643. The summed E-state index contributed by atoms with van der Waals surface area (Å²) in [6, 6.07) is 0. The molecule has 1 fully saturated rings. The van der Waals surface area contributed by atoms with Gasteiger partial charge in [-0.05, 0) is 6.42 Å². The Morgan fingerprint density at radius 2 is 2.00 bits per heavy atom. The van der Waals surface area contributed by atoms with E-state index >= 15 is 0 Å². The van der Waals surface area contributed by atoms with E-state index in [0.29, 0.717) is 17.0 Å². The molecule has 1 saturated heterocycles. The number of nitrogens with zero attached hydrogens (tertiary/aromatic N) is 4. The van der Waals surface area contributed by atoms with E-state index in [1.54, 1.807) is 20.5 Å². The Morgan fingerprint density at radius 3 is 2.68 bits per heavy atom. The van der Waals surface area contributed by atoms with Gasteiger partial charge in [-0.2, -0.15) is 0 Å². The number of hydrogen-bond donors (Lipinski definition) is 1. The monoisotopic (exact) mass is 307 g/mol. The first kappa shape index (κ1) is 15.1. The summed E-state index contributed by atoms with van der Waals surface area (Å²) in [4.78, 5) is 12.5. The molecule has 0 amide bonds. The lowest BCUT2D eigenvalue weighted by Crippen LogP contribution is -2.35. The van der Waals surface area contributed by atoms with Crippen LogP contribution in [0.1, 0.15) is 26.0 Å². The van der Waals surface area contributed by atoms with Gasteiger partial charge in [0, 0.05) is 14.2 Å². The molecule has 1 aliphatic rings. The fourth-order valence-electron chi connectivity index (χ4n) is 3.04. The van der Waals surface area contributed by atoms with Crippen LogP contribution in [-0.2, 0) is 14.2 Å². The average Bonchev–Trinajstić information content (AvgIpc) is 3.09. The zero-order valence-corrected chi connectivity index (χ0v) is 13.0. The number of anilines is 1. The second-order valence-electron chi connectivity index (χ2n) is 5.34. The summed E-state index contributed by atoms with van der Waals surface area (Å²) < 4.78 is 19.2. The highest BCUT2D eigenvalue weighted by molar-refractivity contribution is 5.81. The summed E-state index contributed by atoms with van der Waals surface area (Å²) in [5.41, 5.74) is 7.03. The normalized spacial score (nSPS) is 28.5. The quantitative estimate of drug-likeness (QED) is 0.884. The molecular weight excluding hydrogens is 286 g/mol. The number of aromatic nitrogens is 4. The molecule has 22 heavy (non-hydrogen) atoms. The molecule has 0 saturated carbocycles. The van der Waals surface area contributed by atoms with E-state index < -0.39 is 0 Å². The van der Waals surface area contributed by atoms with Crippen molar-refractivity contribution in [3.05, 3.63) is 12.7 Å². The largest absolute Gasteiger partial charge is 0.382 e. The lowest BCUT2D eigenvalue weighted by Gasteiger charge is -2.22. The molecule has 4 atom stereocenters. The van der Waals surface area contributed by atoms with Crippen molar-refractivity contribution < 1.29 is 14.2 Å². The summed E-state index contributed by atoms with van der Waals surface area (Å²) in [5.74, 6) is 0.351. The molecule has 8 nitrogen and oxygen atoms in total. The number of ether oxygens (including phenoxy) is 3. The Balaban J connectivity index is 2.00. The van der Waals surface area contributed by atoms with Crippen LogP contribution in [0.2, 0.25) is 0 Å². The molecule has 0 aliphatic carbocycles. The lowest BCUT2D eigenvalue weighted by molar-refractivity contribution is -0.0521. The number of nitrogen functional groups attached to an aromatic ring is 1. The maximum atomic E-state index is 6.17. The second-order valence-corrected chi connectivity index (χ2v) is 5.34.